The third-order valence-corrected chi connectivity index (χ3v) is 4.22. The first-order valence-corrected chi connectivity index (χ1v) is 7.03. The van der Waals surface area contributed by atoms with Crippen LogP contribution in [0.25, 0.3) is 11.4 Å². The molecule has 3 nitrogen and oxygen atoms in total. The van der Waals surface area contributed by atoms with Crippen LogP contribution in [0.1, 0.15) is 12.8 Å². The molecule has 0 spiro atoms. The summed E-state index contributed by atoms with van der Waals surface area (Å²) in [4.78, 5) is 0. The summed E-state index contributed by atoms with van der Waals surface area (Å²) in [7, 11) is 0. The minimum atomic E-state index is 0.733. The van der Waals surface area contributed by atoms with Crippen molar-refractivity contribution in [2.45, 2.75) is 24.5 Å². The molecule has 0 unspecified atom stereocenters. The smallest absolute Gasteiger partial charge is 0.191 e. The number of nitrogens with zero attached hydrogens (tertiary/aromatic N) is 3. The van der Waals surface area contributed by atoms with Gasteiger partial charge in [0, 0.05) is 17.9 Å². The first-order chi connectivity index (χ1) is 8.36. The van der Waals surface area contributed by atoms with E-state index in [4.69, 9.17) is 11.6 Å². The lowest BCUT2D eigenvalue weighted by molar-refractivity contribution is 0.607. The lowest BCUT2D eigenvalue weighted by Crippen LogP contribution is -2.00. The summed E-state index contributed by atoms with van der Waals surface area (Å²) < 4.78 is 2.18. The van der Waals surface area contributed by atoms with E-state index < -0.39 is 0 Å². The average Bonchev–Trinajstić information content (AvgIpc) is 2.59. The van der Waals surface area contributed by atoms with E-state index in [0.29, 0.717) is 0 Å². The fourth-order valence-electron chi connectivity index (χ4n) is 1.97. The summed E-state index contributed by atoms with van der Waals surface area (Å²) in [6.07, 6.45) is 2.41. The normalized spacial score (nSPS) is 15.4. The van der Waals surface area contributed by atoms with Crippen LogP contribution in [-0.4, -0.2) is 20.5 Å². The highest BCUT2D eigenvalue weighted by Crippen LogP contribution is 2.31. The Morgan fingerprint density at radius 1 is 1.18 bits per heavy atom. The molecule has 0 N–H and O–H groups in total. The van der Waals surface area contributed by atoms with Gasteiger partial charge in [0.25, 0.3) is 0 Å². The van der Waals surface area contributed by atoms with E-state index in [1.807, 2.05) is 24.3 Å². The van der Waals surface area contributed by atoms with Gasteiger partial charge < -0.3 is 4.57 Å². The Morgan fingerprint density at radius 2 is 2.06 bits per heavy atom. The SMILES string of the molecule is Clc1ccccc1-c1nnc2n1CCCCS2. The first kappa shape index (κ1) is 11.1. The lowest BCUT2D eigenvalue weighted by atomic mass is 10.2. The second-order valence-electron chi connectivity index (χ2n) is 3.99. The molecule has 0 atom stereocenters. The van der Waals surface area contributed by atoms with E-state index in [-0.39, 0.29) is 0 Å². The molecule has 17 heavy (non-hydrogen) atoms. The molecule has 0 aliphatic carbocycles. The average molecular weight is 266 g/mol. The molecule has 0 bridgehead atoms. The van der Waals surface area contributed by atoms with Crippen LogP contribution >= 0.6 is 23.4 Å². The number of benzene rings is 1. The molecule has 88 valence electrons. The van der Waals surface area contributed by atoms with E-state index in [9.17, 15) is 0 Å². The van der Waals surface area contributed by atoms with E-state index in [1.54, 1.807) is 11.8 Å². The second kappa shape index (κ2) is 4.70. The summed E-state index contributed by atoms with van der Waals surface area (Å²) in [5.41, 5.74) is 0.968. The highest BCUT2D eigenvalue weighted by Gasteiger charge is 2.17. The number of fused-ring (bicyclic) bond motifs is 1. The van der Waals surface area contributed by atoms with E-state index >= 15 is 0 Å². The Bertz CT molecular complexity index is 538. The molecule has 3 rings (SSSR count). The Kier molecular flexibility index (Phi) is 3.07. The molecule has 2 aromatic rings. The van der Waals surface area contributed by atoms with Crippen LogP contribution in [0, 0.1) is 0 Å². The number of halogens is 1. The predicted octanol–water partition coefficient (Wildman–Crippen LogP) is 3.48. The van der Waals surface area contributed by atoms with Crippen LogP contribution in [0.4, 0.5) is 0 Å². The molecule has 1 aliphatic heterocycles. The van der Waals surface area contributed by atoms with Gasteiger partial charge in [-0.25, -0.2) is 0 Å². The van der Waals surface area contributed by atoms with Crippen LogP contribution in [0.3, 0.4) is 0 Å². The Morgan fingerprint density at radius 3 is 2.94 bits per heavy atom. The van der Waals surface area contributed by atoms with Crippen molar-refractivity contribution in [2.75, 3.05) is 5.75 Å². The maximum absolute atomic E-state index is 6.21. The Balaban J connectivity index is 2.10. The molecule has 0 saturated carbocycles. The zero-order valence-corrected chi connectivity index (χ0v) is 10.8. The highest BCUT2D eigenvalue weighted by molar-refractivity contribution is 7.99. The zero-order valence-electron chi connectivity index (χ0n) is 9.27. The van der Waals surface area contributed by atoms with Gasteiger partial charge in [-0.05, 0) is 25.0 Å². The number of hydrogen-bond donors (Lipinski definition) is 0. The van der Waals surface area contributed by atoms with Crippen molar-refractivity contribution < 1.29 is 0 Å². The largest absolute Gasteiger partial charge is 0.302 e. The first-order valence-electron chi connectivity index (χ1n) is 5.67. The van der Waals surface area contributed by atoms with Gasteiger partial charge in [0.2, 0.25) is 0 Å². The molecule has 0 saturated heterocycles. The number of hydrogen-bond acceptors (Lipinski definition) is 3. The van der Waals surface area contributed by atoms with Crippen molar-refractivity contribution in [2.24, 2.45) is 0 Å². The summed E-state index contributed by atoms with van der Waals surface area (Å²) >= 11 is 7.99. The fraction of sp³-hybridized carbons (Fsp3) is 0.333. The van der Waals surface area contributed by atoms with Crippen LogP contribution < -0.4 is 0 Å². The summed E-state index contributed by atoms with van der Waals surface area (Å²) in [6.45, 7) is 0.982. The van der Waals surface area contributed by atoms with Gasteiger partial charge in [-0.2, -0.15) is 0 Å². The zero-order chi connectivity index (χ0) is 11.7. The van der Waals surface area contributed by atoms with Gasteiger partial charge in [-0.3, -0.25) is 0 Å². The van der Waals surface area contributed by atoms with Gasteiger partial charge in [-0.1, -0.05) is 35.5 Å². The standard InChI is InChI=1S/C12H12ClN3S/c13-10-6-2-1-5-9(10)11-14-15-12-16(11)7-3-4-8-17-12/h1-2,5-6H,3-4,7-8H2. The van der Waals surface area contributed by atoms with E-state index in [0.717, 1.165) is 33.9 Å². The molecule has 0 amide bonds. The molecule has 2 heterocycles. The second-order valence-corrected chi connectivity index (χ2v) is 5.46. The molecular weight excluding hydrogens is 254 g/mol. The van der Waals surface area contributed by atoms with Crippen molar-refractivity contribution in [3.63, 3.8) is 0 Å². The molecule has 1 aromatic carbocycles. The molecule has 5 heteroatoms. The Labute approximate surface area is 109 Å². The van der Waals surface area contributed by atoms with Crippen molar-refractivity contribution in [3.05, 3.63) is 29.3 Å². The van der Waals surface area contributed by atoms with Crippen LogP contribution in [0.5, 0.6) is 0 Å². The van der Waals surface area contributed by atoms with Gasteiger partial charge >= 0.3 is 0 Å². The number of aromatic nitrogens is 3. The number of rotatable bonds is 1. The minimum absolute atomic E-state index is 0.733. The van der Waals surface area contributed by atoms with E-state index in [1.165, 1.54) is 12.8 Å². The maximum Gasteiger partial charge on any atom is 0.191 e. The minimum Gasteiger partial charge on any atom is -0.302 e. The molecule has 1 aromatic heterocycles. The van der Waals surface area contributed by atoms with Crippen molar-refractivity contribution in [1.82, 2.24) is 14.8 Å². The van der Waals surface area contributed by atoms with Crippen molar-refractivity contribution in [3.8, 4) is 11.4 Å². The van der Waals surface area contributed by atoms with Crippen LogP contribution in [0.15, 0.2) is 29.4 Å². The lowest BCUT2D eigenvalue weighted by Gasteiger charge is -2.07. The molecule has 0 radical (unpaired) electrons. The van der Waals surface area contributed by atoms with E-state index in [2.05, 4.69) is 14.8 Å². The van der Waals surface area contributed by atoms with Crippen molar-refractivity contribution >= 4 is 23.4 Å². The summed E-state index contributed by atoms with van der Waals surface area (Å²) in [5, 5.41) is 10.3. The third kappa shape index (κ3) is 2.07. The Hall–Kier alpha value is -1.000. The molecule has 0 fully saturated rings. The van der Waals surface area contributed by atoms with Crippen molar-refractivity contribution in [1.29, 1.82) is 0 Å². The van der Waals surface area contributed by atoms with Gasteiger partial charge in [0.05, 0.1) is 5.02 Å². The van der Waals surface area contributed by atoms with Gasteiger partial charge in [0.15, 0.2) is 11.0 Å². The molecule has 1 aliphatic rings. The quantitative estimate of drug-likeness (QED) is 0.791. The topological polar surface area (TPSA) is 30.7 Å². The molecular formula is C12H12ClN3S. The van der Waals surface area contributed by atoms with Crippen LogP contribution in [0.2, 0.25) is 5.02 Å². The predicted molar refractivity (Wildman–Crippen MR) is 70.4 cm³/mol. The third-order valence-electron chi connectivity index (χ3n) is 2.84. The maximum atomic E-state index is 6.21. The monoisotopic (exact) mass is 265 g/mol. The van der Waals surface area contributed by atoms with Crippen LogP contribution in [-0.2, 0) is 6.54 Å². The summed E-state index contributed by atoms with van der Waals surface area (Å²) in [5.74, 6) is 2.01. The highest BCUT2D eigenvalue weighted by atomic mass is 35.5. The summed E-state index contributed by atoms with van der Waals surface area (Å²) in [6, 6.07) is 7.80. The van der Waals surface area contributed by atoms with Gasteiger partial charge in [-0.15, -0.1) is 10.2 Å². The van der Waals surface area contributed by atoms with Gasteiger partial charge in [0.1, 0.15) is 0 Å². The number of thioether (sulfide) groups is 1. The fourth-order valence-corrected chi connectivity index (χ4v) is 3.16.